The van der Waals surface area contributed by atoms with E-state index in [0.717, 1.165) is 23.5 Å². The molecule has 4 nitrogen and oxygen atoms in total. The van der Waals surface area contributed by atoms with Crippen molar-refractivity contribution in [1.29, 1.82) is 0 Å². The number of nitrogens with one attached hydrogen (secondary N) is 1. The predicted molar refractivity (Wildman–Crippen MR) is 102 cm³/mol. The summed E-state index contributed by atoms with van der Waals surface area (Å²) in [6, 6.07) is 6.67. The second-order valence-electron chi connectivity index (χ2n) is 6.51. The fourth-order valence-electron chi connectivity index (χ4n) is 3.18. The molecule has 0 atom stereocenters. The van der Waals surface area contributed by atoms with Crippen molar-refractivity contribution in [3.05, 3.63) is 57.5 Å². The van der Waals surface area contributed by atoms with Crippen LogP contribution in [0.25, 0.3) is 6.08 Å². The van der Waals surface area contributed by atoms with Crippen molar-refractivity contribution in [3.8, 4) is 5.75 Å². The highest BCUT2D eigenvalue weighted by Crippen LogP contribution is 2.19. The molecule has 1 N–H and O–H groups in total. The van der Waals surface area contributed by atoms with Crippen LogP contribution in [-0.2, 0) is 11.3 Å². The Morgan fingerprint density at radius 2 is 2.12 bits per heavy atom. The van der Waals surface area contributed by atoms with E-state index in [-0.39, 0.29) is 11.7 Å². The summed E-state index contributed by atoms with van der Waals surface area (Å²) in [6.45, 7) is 5.85. The first-order valence-corrected chi connectivity index (χ1v) is 9.62. The SMILES string of the molecule is COc1ccc(F)cc1C[NH+]1CCN(C(=O)/C=C/c2sccc2C)CC1. The van der Waals surface area contributed by atoms with Gasteiger partial charge in [-0.25, -0.2) is 4.39 Å². The van der Waals surface area contributed by atoms with Crippen molar-refractivity contribution in [3.63, 3.8) is 0 Å². The quantitative estimate of drug-likeness (QED) is 0.813. The molecule has 1 aromatic heterocycles. The van der Waals surface area contributed by atoms with Gasteiger partial charge in [0.2, 0.25) is 5.91 Å². The van der Waals surface area contributed by atoms with Crippen molar-refractivity contribution >= 4 is 23.3 Å². The lowest BCUT2D eigenvalue weighted by Crippen LogP contribution is -3.13. The fourth-order valence-corrected chi connectivity index (χ4v) is 4.00. The van der Waals surface area contributed by atoms with E-state index in [9.17, 15) is 9.18 Å². The summed E-state index contributed by atoms with van der Waals surface area (Å²) < 4.78 is 18.8. The maximum absolute atomic E-state index is 13.5. The molecule has 1 amide bonds. The van der Waals surface area contributed by atoms with Crippen LogP contribution in [0.15, 0.2) is 35.7 Å². The summed E-state index contributed by atoms with van der Waals surface area (Å²) >= 11 is 1.64. The highest BCUT2D eigenvalue weighted by molar-refractivity contribution is 7.11. The summed E-state index contributed by atoms with van der Waals surface area (Å²) in [5.74, 6) is 0.523. The number of hydrogen-bond acceptors (Lipinski definition) is 3. The van der Waals surface area contributed by atoms with Crippen molar-refractivity contribution in [2.45, 2.75) is 13.5 Å². The molecule has 0 spiro atoms. The van der Waals surface area contributed by atoms with Crippen LogP contribution in [-0.4, -0.2) is 44.1 Å². The van der Waals surface area contributed by atoms with Crippen molar-refractivity contribution < 1.29 is 18.8 Å². The average molecular weight is 375 g/mol. The number of rotatable bonds is 5. The number of aryl methyl sites for hydroxylation is 1. The number of benzene rings is 1. The zero-order valence-corrected chi connectivity index (χ0v) is 15.9. The number of carbonyl (C=O) groups excluding carboxylic acids is 1. The van der Waals surface area contributed by atoms with Gasteiger partial charge in [0, 0.05) is 11.0 Å². The topological polar surface area (TPSA) is 34.0 Å². The number of methoxy groups -OCH3 is 1. The maximum Gasteiger partial charge on any atom is 0.247 e. The number of hydrogen-bond donors (Lipinski definition) is 1. The zero-order valence-electron chi connectivity index (χ0n) is 15.1. The number of ether oxygens (including phenoxy) is 1. The summed E-state index contributed by atoms with van der Waals surface area (Å²) in [5, 5.41) is 2.03. The molecular weight excluding hydrogens is 351 g/mol. The van der Waals surface area contributed by atoms with E-state index in [4.69, 9.17) is 4.74 Å². The lowest BCUT2D eigenvalue weighted by Gasteiger charge is -2.31. The number of nitrogens with zero attached hydrogens (tertiary/aromatic N) is 1. The Morgan fingerprint density at radius 3 is 2.77 bits per heavy atom. The average Bonchev–Trinajstić information content (AvgIpc) is 3.05. The number of quaternary nitrogens is 1. The molecule has 3 rings (SSSR count). The number of thiophene rings is 1. The Morgan fingerprint density at radius 1 is 1.35 bits per heavy atom. The van der Waals surface area contributed by atoms with Crippen molar-refractivity contribution in [2.24, 2.45) is 0 Å². The molecule has 0 radical (unpaired) electrons. The first-order valence-electron chi connectivity index (χ1n) is 8.74. The van der Waals surface area contributed by atoms with E-state index in [1.165, 1.54) is 22.6 Å². The van der Waals surface area contributed by atoms with Crippen molar-refractivity contribution in [2.75, 3.05) is 33.3 Å². The summed E-state index contributed by atoms with van der Waals surface area (Å²) in [5.41, 5.74) is 2.06. The van der Waals surface area contributed by atoms with Crippen LogP contribution >= 0.6 is 11.3 Å². The summed E-state index contributed by atoms with van der Waals surface area (Å²) in [4.78, 5) is 16.7. The van der Waals surface area contributed by atoms with Crippen LogP contribution in [0.2, 0.25) is 0 Å². The van der Waals surface area contributed by atoms with Gasteiger partial charge in [-0.1, -0.05) is 0 Å². The Hall–Kier alpha value is -2.18. The Kier molecular flexibility index (Phi) is 6.06. The molecule has 138 valence electrons. The smallest absolute Gasteiger partial charge is 0.247 e. The van der Waals surface area contributed by atoms with Gasteiger partial charge in [-0.05, 0) is 48.2 Å². The van der Waals surface area contributed by atoms with Gasteiger partial charge in [-0.3, -0.25) is 4.79 Å². The minimum atomic E-state index is -0.247. The Bertz CT molecular complexity index is 795. The molecule has 26 heavy (non-hydrogen) atoms. The number of amides is 1. The standard InChI is InChI=1S/C20H23FN2O2S/c1-15-7-12-26-19(15)5-6-20(24)23-10-8-22(9-11-23)14-16-13-17(21)3-4-18(16)25-2/h3-7,12-13H,8-11,14H2,1-2H3/p+1/b6-5+. The summed E-state index contributed by atoms with van der Waals surface area (Å²) in [7, 11) is 1.60. The van der Waals surface area contributed by atoms with Crippen LogP contribution in [0, 0.1) is 12.7 Å². The van der Waals surface area contributed by atoms with Gasteiger partial charge in [0.05, 0.1) is 38.9 Å². The van der Waals surface area contributed by atoms with E-state index in [2.05, 4.69) is 6.07 Å². The zero-order chi connectivity index (χ0) is 18.5. The van der Waals surface area contributed by atoms with E-state index >= 15 is 0 Å². The van der Waals surface area contributed by atoms with Gasteiger partial charge in [0.1, 0.15) is 18.1 Å². The van der Waals surface area contributed by atoms with Gasteiger partial charge >= 0.3 is 0 Å². The first-order chi connectivity index (χ1) is 12.6. The minimum Gasteiger partial charge on any atom is -0.496 e. The normalized spacial score (nSPS) is 15.6. The van der Waals surface area contributed by atoms with Crippen molar-refractivity contribution in [1.82, 2.24) is 4.90 Å². The summed E-state index contributed by atoms with van der Waals surface area (Å²) in [6.07, 6.45) is 3.57. The molecule has 6 heteroatoms. The van der Waals surface area contributed by atoms with Crippen LogP contribution in [0.3, 0.4) is 0 Å². The van der Waals surface area contributed by atoms with Gasteiger partial charge in [-0.15, -0.1) is 11.3 Å². The molecule has 0 bridgehead atoms. The Labute approximate surface area is 157 Å². The lowest BCUT2D eigenvalue weighted by molar-refractivity contribution is -0.917. The second kappa shape index (κ2) is 8.47. The number of piperazine rings is 1. The van der Waals surface area contributed by atoms with E-state index in [1.807, 2.05) is 23.3 Å². The van der Waals surface area contributed by atoms with E-state index < -0.39 is 0 Å². The van der Waals surface area contributed by atoms with Crippen LogP contribution in [0.5, 0.6) is 5.75 Å². The predicted octanol–water partition coefficient (Wildman–Crippen LogP) is 2.14. The maximum atomic E-state index is 13.5. The lowest BCUT2D eigenvalue weighted by atomic mass is 10.1. The number of halogens is 1. The van der Waals surface area contributed by atoms with Gasteiger partial charge in [0.25, 0.3) is 0 Å². The van der Waals surface area contributed by atoms with Gasteiger partial charge in [0.15, 0.2) is 0 Å². The van der Waals surface area contributed by atoms with E-state index in [0.29, 0.717) is 25.4 Å². The van der Waals surface area contributed by atoms with E-state index in [1.54, 1.807) is 30.6 Å². The molecule has 2 aromatic rings. The molecule has 1 aliphatic heterocycles. The second-order valence-corrected chi connectivity index (χ2v) is 7.46. The monoisotopic (exact) mass is 375 g/mol. The molecule has 0 aliphatic carbocycles. The molecule has 0 saturated carbocycles. The molecular formula is C20H24FN2O2S+. The fraction of sp³-hybridized carbons (Fsp3) is 0.350. The van der Waals surface area contributed by atoms with Crippen LogP contribution < -0.4 is 9.64 Å². The molecule has 1 aromatic carbocycles. The third-order valence-electron chi connectivity index (χ3n) is 4.74. The molecule has 0 unspecified atom stereocenters. The highest BCUT2D eigenvalue weighted by Gasteiger charge is 2.23. The third kappa shape index (κ3) is 4.51. The Balaban J connectivity index is 1.54. The molecule has 2 heterocycles. The third-order valence-corrected chi connectivity index (χ3v) is 5.73. The molecule has 1 aliphatic rings. The van der Waals surface area contributed by atoms with Gasteiger partial charge < -0.3 is 14.5 Å². The molecule has 1 fully saturated rings. The molecule has 1 saturated heterocycles. The van der Waals surface area contributed by atoms with Crippen LogP contribution in [0.1, 0.15) is 16.0 Å². The van der Waals surface area contributed by atoms with Crippen LogP contribution in [0.4, 0.5) is 4.39 Å². The largest absolute Gasteiger partial charge is 0.496 e. The highest BCUT2D eigenvalue weighted by atomic mass is 32.1. The minimum absolute atomic E-state index is 0.0557. The van der Waals surface area contributed by atoms with Gasteiger partial charge in [-0.2, -0.15) is 0 Å². The number of carbonyl (C=O) groups is 1. The first kappa shape index (κ1) is 18.6.